The number of rotatable bonds is 8. The van der Waals surface area contributed by atoms with Gasteiger partial charge in [0.1, 0.15) is 0 Å². The first kappa shape index (κ1) is 23.2. The Balaban J connectivity index is 1.19. The average molecular weight is 463 g/mol. The number of carbonyl (C=O) groups is 1. The second kappa shape index (κ2) is 8.60. The second-order valence-corrected chi connectivity index (χ2v) is 12.0. The van der Waals surface area contributed by atoms with Crippen molar-refractivity contribution in [2.75, 3.05) is 19.0 Å². The maximum atomic E-state index is 12.3. The predicted octanol–water partition coefficient (Wildman–Crippen LogP) is 5.86. The van der Waals surface area contributed by atoms with Crippen LogP contribution in [0.1, 0.15) is 63.5 Å². The lowest BCUT2D eigenvalue weighted by Gasteiger charge is -2.65. The molecule has 2 aromatic rings. The molecule has 0 spiro atoms. The molecule has 2 N–H and O–H groups in total. The highest BCUT2D eigenvalue weighted by atomic mass is 16.5. The zero-order valence-electron chi connectivity index (χ0n) is 21.0. The van der Waals surface area contributed by atoms with Gasteiger partial charge in [0.25, 0.3) is 5.91 Å². The summed E-state index contributed by atoms with van der Waals surface area (Å²) in [5.74, 6) is 1.92. The molecule has 0 saturated heterocycles. The summed E-state index contributed by atoms with van der Waals surface area (Å²) in [6.45, 7) is 7.79. The monoisotopic (exact) mass is 462 g/mol. The largest absolute Gasteiger partial charge is 0.493 e. The number of methoxy groups -OCH3 is 1. The van der Waals surface area contributed by atoms with Crippen LogP contribution < -0.4 is 20.1 Å². The fourth-order valence-corrected chi connectivity index (χ4v) is 7.85. The van der Waals surface area contributed by atoms with Gasteiger partial charge >= 0.3 is 0 Å². The third-order valence-corrected chi connectivity index (χ3v) is 8.22. The van der Waals surface area contributed by atoms with E-state index in [2.05, 4.69) is 30.5 Å². The zero-order chi connectivity index (χ0) is 24.0. The van der Waals surface area contributed by atoms with E-state index >= 15 is 0 Å². The van der Waals surface area contributed by atoms with Crippen molar-refractivity contribution >= 4 is 11.6 Å². The number of hydrogen-bond donors (Lipinski definition) is 2. The quantitative estimate of drug-likeness (QED) is 0.516. The van der Waals surface area contributed by atoms with Gasteiger partial charge in [-0.2, -0.15) is 0 Å². The Morgan fingerprint density at radius 1 is 0.971 bits per heavy atom. The third kappa shape index (κ3) is 4.81. The summed E-state index contributed by atoms with van der Waals surface area (Å²) in [6.07, 6.45) is 8.09. The summed E-state index contributed by atoms with van der Waals surface area (Å²) in [5, 5.41) is 6.85. The molecule has 0 aromatic heterocycles. The lowest BCUT2D eigenvalue weighted by Crippen LogP contribution is -2.63. The van der Waals surface area contributed by atoms with Gasteiger partial charge in [-0.25, -0.2) is 0 Å². The average Bonchev–Trinajstić information content (AvgIpc) is 2.75. The highest BCUT2D eigenvalue weighted by molar-refractivity contribution is 5.91. The molecule has 0 heterocycles. The summed E-state index contributed by atoms with van der Waals surface area (Å²) in [4.78, 5) is 12.3. The van der Waals surface area contributed by atoms with Crippen LogP contribution in [0.25, 0.3) is 0 Å². The molecule has 6 rings (SSSR count). The number of amides is 1. The van der Waals surface area contributed by atoms with Crippen LogP contribution in [-0.4, -0.2) is 25.2 Å². The fourth-order valence-electron chi connectivity index (χ4n) is 7.85. The van der Waals surface area contributed by atoms with Gasteiger partial charge < -0.3 is 20.1 Å². The number of ether oxygens (including phenoxy) is 2. The number of anilines is 1. The lowest BCUT2D eigenvalue weighted by molar-refractivity contribution is -0.118. The van der Waals surface area contributed by atoms with Crippen molar-refractivity contribution in [3.05, 3.63) is 53.6 Å². The van der Waals surface area contributed by atoms with Crippen LogP contribution in [0.3, 0.4) is 0 Å². The third-order valence-electron chi connectivity index (χ3n) is 8.22. The van der Waals surface area contributed by atoms with E-state index in [1.165, 1.54) is 44.1 Å². The SMILES string of the molecule is COc1cc(CNC23CC4CC(C)(CC(C)(C4)C2)C3)ccc1OCC(=O)Nc1ccc(C)cc1. The highest BCUT2D eigenvalue weighted by Crippen LogP contribution is 2.66. The Hall–Kier alpha value is -2.53. The van der Waals surface area contributed by atoms with Crippen molar-refractivity contribution in [3.8, 4) is 11.5 Å². The van der Waals surface area contributed by atoms with Crippen LogP contribution in [0.4, 0.5) is 5.69 Å². The molecular weight excluding hydrogens is 424 g/mol. The lowest BCUT2D eigenvalue weighted by atomic mass is 9.43. The van der Waals surface area contributed by atoms with Crippen LogP contribution in [0, 0.1) is 23.7 Å². The topological polar surface area (TPSA) is 59.6 Å². The van der Waals surface area contributed by atoms with Crippen molar-refractivity contribution in [2.45, 2.75) is 71.4 Å². The maximum absolute atomic E-state index is 12.3. The van der Waals surface area contributed by atoms with Crippen molar-refractivity contribution < 1.29 is 14.3 Å². The van der Waals surface area contributed by atoms with Gasteiger partial charge in [0.05, 0.1) is 7.11 Å². The smallest absolute Gasteiger partial charge is 0.262 e. The molecule has 2 aromatic carbocycles. The molecule has 4 aliphatic rings. The molecular formula is C29H38N2O3. The Labute approximate surface area is 203 Å². The molecule has 4 aliphatic carbocycles. The Morgan fingerprint density at radius 3 is 2.32 bits per heavy atom. The minimum atomic E-state index is -0.194. The fraction of sp³-hybridized carbons (Fsp3) is 0.552. The molecule has 4 fully saturated rings. The summed E-state index contributed by atoms with van der Waals surface area (Å²) in [7, 11) is 1.65. The molecule has 2 unspecified atom stereocenters. The Morgan fingerprint density at radius 2 is 1.68 bits per heavy atom. The van der Waals surface area contributed by atoms with E-state index in [-0.39, 0.29) is 18.1 Å². The predicted molar refractivity (Wildman–Crippen MR) is 135 cm³/mol. The molecule has 0 aliphatic heterocycles. The van der Waals surface area contributed by atoms with Crippen molar-refractivity contribution in [3.63, 3.8) is 0 Å². The number of aryl methyl sites for hydroxylation is 1. The van der Waals surface area contributed by atoms with Gasteiger partial charge in [-0.05, 0) is 92.0 Å². The van der Waals surface area contributed by atoms with E-state index in [0.717, 1.165) is 23.7 Å². The Kier molecular flexibility index (Phi) is 5.87. The van der Waals surface area contributed by atoms with Gasteiger partial charge in [0, 0.05) is 17.8 Å². The molecule has 1 amide bonds. The molecule has 4 bridgehead atoms. The first-order valence-electron chi connectivity index (χ1n) is 12.6. The minimum Gasteiger partial charge on any atom is -0.493 e. The number of hydrogen-bond acceptors (Lipinski definition) is 4. The van der Waals surface area contributed by atoms with E-state index in [1.807, 2.05) is 43.3 Å². The van der Waals surface area contributed by atoms with E-state index in [4.69, 9.17) is 9.47 Å². The molecule has 34 heavy (non-hydrogen) atoms. The molecule has 182 valence electrons. The van der Waals surface area contributed by atoms with Crippen LogP contribution >= 0.6 is 0 Å². The first-order chi connectivity index (χ1) is 16.2. The van der Waals surface area contributed by atoms with Crippen LogP contribution in [0.5, 0.6) is 11.5 Å². The summed E-state index contributed by atoms with van der Waals surface area (Å²) in [6, 6.07) is 13.7. The second-order valence-electron chi connectivity index (χ2n) is 12.0. The zero-order valence-corrected chi connectivity index (χ0v) is 21.0. The first-order valence-corrected chi connectivity index (χ1v) is 12.6. The van der Waals surface area contributed by atoms with Gasteiger partial charge in [-0.1, -0.05) is 37.6 Å². The molecule has 4 saturated carbocycles. The van der Waals surface area contributed by atoms with E-state index in [0.29, 0.717) is 22.3 Å². The number of benzene rings is 2. The summed E-state index contributed by atoms with van der Waals surface area (Å²) < 4.78 is 11.4. The molecule has 2 atom stereocenters. The van der Waals surface area contributed by atoms with Crippen molar-refractivity contribution in [1.29, 1.82) is 0 Å². The molecule has 0 radical (unpaired) electrons. The minimum absolute atomic E-state index is 0.0660. The van der Waals surface area contributed by atoms with Gasteiger partial charge in [0.2, 0.25) is 0 Å². The highest BCUT2D eigenvalue weighted by Gasteiger charge is 2.59. The van der Waals surface area contributed by atoms with E-state index in [1.54, 1.807) is 7.11 Å². The van der Waals surface area contributed by atoms with Gasteiger partial charge in [0.15, 0.2) is 18.1 Å². The summed E-state index contributed by atoms with van der Waals surface area (Å²) in [5.41, 5.74) is 4.35. The normalized spacial score (nSPS) is 31.4. The van der Waals surface area contributed by atoms with Crippen molar-refractivity contribution in [1.82, 2.24) is 5.32 Å². The molecule has 5 heteroatoms. The summed E-state index contributed by atoms with van der Waals surface area (Å²) >= 11 is 0. The number of nitrogens with one attached hydrogen (secondary N) is 2. The van der Waals surface area contributed by atoms with Crippen LogP contribution in [0.15, 0.2) is 42.5 Å². The van der Waals surface area contributed by atoms with Crippen molar-refractivity contribution in [2.24, 2.45) is 16.7 Å². The van der Waals surface area contributed by atoms with Gasteiger partial charge in [-0.3, -0.25) is 4.79 Å². The maximum Gasteiger partial charge on any atom is 0.262 e. The van der Waals surface area contributed by atoms with E-state index in [9.17, 15) is 4.79 Å². The molecule has 5 nitrogen and oxygen atoms in total. The van der Waals surface area contributed by atoms with Crippen LogP contribution in [0.2, 0.25) is 0 Å². The van der Waals surface area contributed by atoms with E-state index < -0.39 is 0 Å². The number of carbonyl (C=O) groups excluding carboxylic acids is 1. The van der Waals surface area contributed by atoms with Gasteiger partial charge in [-0.15, -0.1) is 0 Å². The van der Waals surface area contributed by atoms with Crippen LogP contribution in [-0.2, 0) is 11.3 Å². The standard InChI is InChI=1S/C29H38N2O3/c1-20-5-8-23(9-6-20)31-26(32)16-34-24-10-7-21(11-25(24)33-4)15-30-29-14-22-12-27(2,18-29)17-28(3,13-22)19-29/h5-11,22,30H,12-19H2,1-4H3,(H,31,32). The Bertz CT molecular complexity index is 1050.